The molecule has 0 radical (unpaired) electrons. The highest BCUT2D eigenvalue weighted by molar-refractivity contribution is 5.98. The lowest BCUT2D eigenvalue weighted by molar-refractivity contribution is -0.114. The predicted molar refractivity (Wildman–Crippen MR) is 160 cm³/mol. The maximum absolute atomic E-state index is 14.3. The zero-order valence-corrected chi connectivity index (χ0v) is 25.0. The van der Waals surface area contributed by atoms with Crippen LogP contribution in [0, 0.1) is 11.7 Å². The number of piperazine rings is 1. The van der Waals surface area contributed by atoms with Crippen LogP contribution >= 0.6 is 0 Å². The summed E-state index contributed by atoms with van der Waals surface area (Å²) in [6.07, 6.45) is 6.98. The molecule has 0 bridgehead atoms. The fourth-order valence-electron chi connectivity index (χ4n) is 6.58. The molecule has 2 N–H and O–H groups in total. The summed E-state index contributed by atoms with van der Waals surface area (Å²) < 4.78 is 20.7. The Hall–Kier alpha value is -3.46. The Labute approximate surface area is 248 Å². The maximum Gasteiger partial charge on any atom is 0.254 e. The van der Waals surface area contributed by atoms with E-state index < -0.39 is 5.82 Å². The van der Waals surface area contributed by atoms with E-state index in [0.29, 0.717) is 31.1 Å². The van der Waals surface area contributed by atoms with Crippen LogP contribution in [0.3, 0.4) is 0 Å². The van der Waals surface area contributed by atoms with Crippen LogP contribution in [0.1, 0.15) is 91.5 Å². The summed E-state index contributed by atoms with van der Waals surface area (Å²) in [4.78, 5) is 42.5. The molecule has 226 valence electrons. The molecule has 2 aromatic carbocycles. The lowest BCUT2D eigenvalue weighted by Crippen LogP contribution is -2.58. The third-order valence-corrected chi connectivity index (χ3v) is 8.81. The summed E-state index contributed by atoms with van der Waals surface area (Å²) in [5.41, 5.74) is 2.21. The van der Waals surface area contributed by atoms with E-state index in [1.807, 2.05) is 17.0 Å². The maximum atomic E-state index is 14.3. The number of anilines is 1. The summed E-state index contributed by atoms with van der Waals surface area (Å²) in [5, 5.41) is 5.91. The molecule has 1 aliphatic carbocycles. The van der Waals surface area contributed by atoms with Gasteiger partial charge in [0.1, 0.15) is 17.7 Å². The molecule has 2 aromatic rings. The fraction of sp³-hybridized carbons (Fsp3) is 0.545. The first-order valence-corrected chi connectivity index (χ1v) is 15.4. The number of nitrogens with one attached hydrogen (secondary N) is 2. The fourth-order valence-corrected chi connectivity index (χ4v) is 6.58. The molecule has 2 saturated heterocycles. The van der Waals surface area contributed by atoms with Gasteiger partial charge in [-0.05, 0) is 79.6 Å². The van der Waals surface area contributed by atoms with Gasteiger partial charge in [-0.25, -0.2) is 4.39 Å². The minimum atomic E-state index is -0.593. The Bertz CT molecular complexity index is 1300. The standard InChI is InChI=1S/C33H43FN4O4/c1-21(2)30-20-37(32(40)25-15-26(34)18-27(16-25)36-22(3)39)13-14-38(30)33(41)24-9-10-31(42-28-11-12-35-19-28)29(17-24)23-7-5-4-6-8-23/h9-10,15-18,21,23,28,30,35H,4-8,11-14,19-20H2,1-3H3,(H,36,39)/t28-,30+/m0/s1. The van der Waals surface area contributed by atoms with Crippen molar-refractivity contribution in [2.75, 3.05) is 38.0 Å². The minimum Gasteiger partial charge on any atom is -0.489 e. The van der Waals surface area contributed by atoms with E-state index in [0.717, 1.165) is 43.7 Å². The lowest BCUT2D eigenvalue weighted by Gasteiger charge is -2.43. The second-order valence-corrected chi connectivity index (χ2v) is 12.3. The van der Waals surface area contributed by atoms with E-state index in [1.54, 1.807) is 4.90 Å². The second-order valence-electron chi connectivity index (χ2n) is 12.3. The van der Waals surface area contributed by atoms with Crippen LogP contribution < -0.4 is 15.4 Å². The number of amides is 3. The molecule has 9 heteroatoms. The highest BCUT2D eigenvalue weighted by Gasteiger charge is 2.36. The van der Waals surface area contributed by atoms with Crippen molar-refractivity contribution >= 4 is 23.4 Å². The van der Waals surface area contributed by atoms with Crippen molar-refractivity contribution in [3.63, 3.8) is 0 Å². The molecule has 3 fully saturated rings. The Morgan fingerprint density at radius 1 is 0.976 bits per heavy atom. The third-order valence-electron chi connectivity index (χ3n) is 8.81. The van der Waals surface area contributed by atoms with Crippen LogP contribution in [0.5, 0.6) is 5.75 Å². The van der Waals surface area contributed by atoms with Crippen LogP contribution in [0.25, 0.3) is 0 Å². The van der Waals surface area contributed by atoms with E-state index >= 15 is 0 Å². The van der Waals surface area contributed by atoms with E-state index in [2.05, 4.69) is 30.5 Å². The first-order valence-electron chi connectivity index (χ1n) is 15.4. The van der Waals surface area contributed by atoms with Crippen molar-refractivity contribution in [1.82, 2.24) is 15.1 Å². The number of nitrogens with zero attached hydrogens (tertiary/aromatic N) is 2. The van der Waals surface area contributed by atoms with Gasteiger partial charge in [-0.1, -0.05) is 33.1 Å². The number of hydrogen-bond donors (Lipinski definition) is 2. The summed E-state index contributed by atoms with van der Waals surface area (Å²) in [6, 6.07) is 9.60. The van der Waals surface area contributed by atoms with Crippen molar-refractivity contribution < 1.29 is 23.5 Å². The molecule has 0 aromatic heterocycles. The number of ether oxygens (including phenoxy) is 1. The SMILES string of the molecule is CC(=O)Nc1cc(F)cc(C(=O)N2CCN(C(=O)c3ccc(O[C@H]4CCNC4)c(C4CCCCC4)c3)[C@@H](C(C)C)C2)c1. The van der Waals surface area contributed by atoms with Crippen LogP contribution in [0.4, 0.5) is 10.1 Å². The van der Waals surface area contributed by atoms with E-state index in [1.165, 1.54) is 44.4 Å². The Kier molecular flexibility index (Phi) is 9.46. The van der Waals surface area contributed by atoms with Gasteiger partial charge in [0.15, 0.2) is 0 Å². The van der Waals surface area contributed by atoms with Gasteiger partial charge >= 0.3 is 0 Å². The quantitative estimate of drug-likeness (QED) is 0.472. The monoisotopic (exact) mass is 578 g/mol. The number of carbonyl (C=O) groups excluding carboxylic acids is 3. The Morgan fingerprint density at radius 3 is 2.45 bits per heavy atom. The molecular weight excluding hydrogens is 535 g/mol. The molecule has 8 nitrogen and oxygen atoms in total. The minimum absolute atomic E-state index is 0.0364. The van der Waals surface area contributed by atoms with Crippen LogP contribution in [0.2, 0.25) is 0 Å². The van der Waals surface area contributed by atoms with Gasteiger partial charge in [0, 0.05) is 49.9 Å². The van der Waals surface area contributed by atoms with Gasteiger partial charge < -0.3 is 25.2 Å². The molecule has 2 atom stereocenters. The first kappa shape index (κ1) is 30.0. The van der Waals surface area contributed by atoms with Gasteiger partial charge in [-0.15, -0.1) is 0 Å². The van der Waals surface area contributed by atoms with Gasteiger partial charge in [0.05, 0.1) is 6.04 Å². The van der Waals surface area contributed by atoms with Crippen molar-refractivity contribution in [1.29, 1.82) is 0 Å². The highest BCUT2D eigenvalue weighted by atomic mass is 19.1. The van der Waals surface area contributed by atoms with Gasteiger partial charge in [0.25, 0.3) is 11.8 Å². The van der Waals surface area contributed by atoms with Crippen molar-refractivity contribution in [2.45, 2.75) is 77.4 Å². The number of carbonyl (C=O) groups is 3. The average Bonchev–Trinajstić information content (AvgIpc) is 3.49. The number of rotatable bonds is 7. The van der Waals surface area contributed by atoms with E-state index in [-0.39, 0.29) is 47.0 Å². The number of hydrogen-bond acceptors (Lipinski definition) is 5. The topological polar surface area (TPSA) is 91.0 Å². The molecular formula is C33H43FN4O4. The Balaban J connectivity index is 1.35. The summed E-state index contributed by atoms with van der Waals surface area (Å²) in [5.74, 6) is 0.0999. The molecule has 0 spiro atoms. The molecule has 2 heterocycles. The Morgan fingerprint density at radius 2 is 1.76 bits per heavy atom. The van der Waals surface area contributed by atoms with Crippen LogP contribution in [-0.4, -0.2) is 72.4 Å². The largest absolute Gasteiger partial charge is 0.489 e. The van der Waals surface area contributed by atoms with Gasteiger partial charge in [-0.2, -0.15) is 0 Å². The third kappa shape index (κ3) is 6.94. The van der Waals surface area contributed by atoms with E-state index in [9.17, 15) is 18.8 Å². The van der Waals surface area contributed by atoms with Crippen LogP contribution in [0.15, 0.2) is 36.4 Å². The molecule has 0 unspecified atom stereocenters. The summed E-state index contributed by atoms with van der Waals surface area (Å²) in [7, 11) is 0. The predicted octanol–water partition coefficient (Wildman–Crippen LogP) is 5.20. The normalized spacial score (nSPS) is 21.5. The van der Waals surface area contributed by atoms with Crippen molar-refractivity contribution in [3.05, 3.63) is 58.9 Å². The molecule has 2 aliphatic heterocycles. The smallest absolute Gasteiger partial charge is 0.254 e. The molecule has 3 aliphatic rings. The van der Waals surface area contributed by atoms with Crippen molar-refractivity contribution in [2.24, 2.45) is 5.92 Å². The van der Waals surface area contributed by atoms with Gasteiger partial charge in [-0.3, -0.25) is 14.4 Å². The highest BCUT2D eigenvalue weighted by Crippen LogP contribution is 2.39. The number of benzene rings is 2. The summed E-state index contributed by atoms with van der Waals surface area (Å²) in [6.45, 7) is 8.30. The van der Waals surface area contributed by atoms with Crippen LogP contribution in [-0.2, 0) is 4.79 Å². The lowest BCUT2D eigenvalue weighted by atomic mass is 9.83. The van der Waals surface area contributed by atoms with E-state index in [4.69, 9.17) is 4.74 Å². The second kappa shape index (κ2) is 13.2. The molecule has 42 heavy (non-hydrogen) atoms. The molecule has 3 amide bonds. The number of halogens is 1. The zero-order valence-electron chi connectivity index (χ0n) is 25.0. The summed E-state index contributed by atoms with van der Waals surface area (Å²) >= 11 is 0. The molecule has 1 saturated carbocycles. The van der Waals surface area contributed by atoms with Gasteiger partial charge in [0.2, 0.25) is 5.91 Å². The van der Waals surface area contributed by atoms with Crippen molar-refractivity contribution in [3.8, 4) is 5.75 Å². The zero-order chi connectivity index (χ0) is 29.8. The molecule has 5 rings (SSSR count). The first-order chi connectivity index (χ1) is 20.2. The average molecular weight is 579 g/mol.